The molecule has 2 rings (SSSR count). The SMILES string of the molecule is CN(C)c1c(C(=O)NN)cnc2ccc([N+](=O)[O-])cc12. The van der Waals surface area contributed by atoms with Crippen molar-refractivity contribution in [2.75, 3.05) is 19.0 Å². The molecule has 0 saturated carbocycles. The molecular weight excluding hydrogens is 262 g/mol. The third-order valence-electron chi connectivity index (χ3n) is 2.86. The highest BCUT2D eigenvalue weighted by Crippen LogP contribution is 2.30. The molecule has 0 atom stereocenters. The molecule has 8 heteroatoms. The number of nitro groups is 1. The van der Waals surface area contributed by atoms with E-state index in [0.717, 1.165) is 0 Å². The van der Waals surface area contributed by atoms with Gasteiger partial charge in [-0.05, 0) is 6.07 Å². The summed E-state index contributed by atoms with van der Waals surface area (Å²) in [7, 11) is 3.47. The van der Waals surface area contributed by atoms with Gasteiger partial charge in [-0.25, -0.2) is 5.84 Å². The Morgan fingerprint density at radius 2 is 2.15 bits per heavy atom. The minimum absolute atomic E-state index is 0.0623. The van der Waals surface area contributed by atoms with E-state index in [0.29, 0.717) is 16.6 Å². The molecule has 104 valence electrons. The van der Waals surface area contributed by atoms with Crippen LogP contribution in [0.15, 0.2) is 24.4 Å². The van der Waals surface area contributed by atoms with Crippen molar-refractivity contribution in [3.8, 4) is 0 Å². The predicted molar refractivity (Wildman–Crippen MR) is 74.4 cm³/mol. The Morgan fingerprint density at radius 1 is 1.45 bits per heavy atom. The van der Waals surface area contributed by atoms with E-state index in [9.17, 15) is 14.9 Å². The highest BCUT2D eigenvalue weighted by atomic mass is 16.6. The maximum absolute atomic E-state index is 11.8. The summed E-state index contributed by atoms with van der Waals surface area (Å²) in [6, 6.07) is 4.31. The van der Waals surface area contributed by atoms with Crippen molar-refractivity contribution in [2.24, 2.45) is 5.84 Å². The van der Waals surface area contributed by atoms with Crippen molar-refractivity contribution in [1.29, 1.82) is 0 Å². The third kappa shape index (κ3) is 2.24. The molecule has 1 heterocycles. The molecule has 0 aliphatic carbocycles. The lowest BCUT2D eigenvalue weighted by atomic mass is 10.1. The van der Waals surface area contributed by atoms with Gasteiger partial charge in [0, 0.05) is 37.8 Å². The van der Waals surface area contributed by atoms with Gasteiger partial charge in [-0.2, -0.15) is 0 Å². The molecule has 1 aromatic heterocycles. The molecule has 0 fully saturated rings. The molecule has 1 aromatic carbocycles. The number of nitrogen functional groups attached to an aromatic ring is 1. The van der Waals surface area contributed by atoms with E-state index in [1.807, 2.05) is 5.43 Å². The molecule has 0 spiro atoms. The maximum atomic E-state index is 11.8. The summed E-state index contributed by atoms with van der Waals surface area (Å²) in [5, 5.41) is 11.4. The van der Waals surface area contributed by atoms with Gasteiger partial charge in [0.25, 0.3) is 11.6 Å². The summed E-state index contributed by atoms with van der Waals surface area (Å²) in [4.78, 5) is 28.0. The number of hydrazine groups is 1. The van der Waals surface area contributed by atoms with Gasteiger partial charge in [-0.3, -0.25) is 25.3 Å². The highest BCUT2D eigenvalue weighted by molar-refractivity contribution is 6.07. The number of hydrogen-bond acceptors (Lipinski definition) is 6. The first kappa shape index (κ1) is 13.7. The van der Waals surface area contributed by atoms with Crippen LogP contribution in [-0.4, -0.2) is 29.9 Å². The number of aromatic nitrogens is 1. The molecule has 20 heavy (non-hydrogen) atoms. The molecule has 8 nitrogen and oxygen atoms in total. The van der Waals surface area contributed by atoms with Gasteiger partial charge in [-0.15, -0.1) is 0 Å². The van der Waals surface area contributed by atoms with Crippen LogP contribution in [0.4, 0.5) is 11.4 Å². The summed E-state index contributed by atoms with van der Waals surface area (Å²) in [6.07, 6.45) is 1.39. The zero-order valence-corrected chi connectivity index (χ0v) is 11.0. The molecule has 0 unspecified atom stereocenters. The number of pyridine rings is 1. The highest BCUT2D eigenvalue weighted by Gasteiger charge is 2.18. The number of amides is 1. The van der Waals surface area contributed by atoms with Gasteiger partial charge in [0.1, 0.15) is 0 Å². The first-order chi connectivity index (χ1) is 9.45. The molecule has 2 aromatic rings. The van der Waals surface area contributed by atoms with Crippen LogP contribution in [0, 0.1) is 10.1 Å². The van der Waals surface area contributed by atoms with Crippen LogP contribution in [0.3, 0.4) is 0 Å². The lowest BCUT2D eigenvalue weighted by Crippen LogP contribution is -2.31. The van der Waals surface area contributed by atoms with E-state index in [-0.39, 0.29) is 11.3 Å². The molecule has 0 radical (unpaired) electrons. The largest absolute Gasteiger partial charge is 0.376 e. The lowest BCUT2D eigenvalue weighted by Gasteiger charge is -2.18. The minimum atomic E-state index is -0.505. The van der Waals surface area contributed by atoms with E-state index in [2.05, 4.69) is 4.98 Å². The quantitative estimate of drug-likeness (QED) is 0.371. The molecule has 0 bridgehead atoms. The second-order valence-electron chi connectivity index (χ2n) is 4.35. The van der Waals surface area contributed by atoms with Gasteiger partial charge in [-0.1, -0.05) is 0 Å². The summed E-state index contributed by atoms with van der Waals surface area (Å²) < 4.78 is 0. The number of nitro benzene ring substituents is 1. The normalized spacial score (nSPS) is 10.3. The molecule has 0 aliphatic rings. The summed E-state index contributed by atoms with van der Waals surface area (Å²) in [6.45, 7) is 0. The fourth-order valence-electron chi connectivity index (χ4n) is 2.01. The summed E-state index contributed by atoms with van der Waals surface area (Å²) >= 11 is 0. The van der Waals surface area contributed by atoms with E-state index < -0.39 is 10.8 Å². The van der Waals surface area contributed by atoms with E-state index in [4.69, 9.17) is 5.84 Å². The smallest absolute Gasteiger partial charge is 0.270 e. The second-order valence-corrected chi connectivity index (χ2v) is 4.35. The minimum Gasteiger partial charge on any atom is -0.376 e. The average molecular weight is 275 g/mol. The van der Waals surface area contributed by atoms with Crippen LogP contribution in [0.5, 0.6) is 0 Å². The molecule has 1 amide bonds. The second kappa shape index (κ2) is 5.10. The Balaban J connectivity index is 2.81. The predicted octanol–water partition coefficient (Wildman–Crippen LogP) is 0.812. The number of rotatable bonds is 3. The van der Waals surface area contributed by atoms with E-state index in [1.165, 1.54) is 18.3 Å². The Bertz CT molecular complexity index is 699. The zero-order valence-electron chi connectivity index (χ0n) is 11.0. The monoisotopic (exact) mass is 275 g/mol. The maximum Gasteiger partial charge on any atom is 0.270 e. The number of fused-ring (bicyclic) bond motifs is 1. The van der Waals surface area contributed by atoms with Gasteiger partial charge >= 0.3 is 0 Å². The van der Waals surface area contributed by atoms with Crippen LogP contribution in [0.25, 0.3) is 10.9 Å². The van der Waals surface area contributed by atoms with Crippen LogP contribution >= 0.6 is 0 Å². The number of nitrogens with one attached hydrogen (secondary N) is 1. The lowest BCUT2D eigenvalue weighted by molar-refractivity contribution is -0.384. The van der Waals surface area contributed by atoms with Crippen molar-refractivity contribution in [2.45, 2.75) is 0 Å². The van der Waals surface area contributed by atoms with Crippen LogP contribution in [0.2, 0.25) is 0 Å². The van der Waals surface area contributed by atoms with Gasteiger partial charge in [0.15, 0.2) is 0 Å². The van der Waals surface area contributed by atoms with Gasteiger partial charge < -0.3 is 4.90 Å². The number of nitrogens with zero attached hydrogens (tertiary/aromatic N) is 3. The molecule has 0 saturated heterocycles. The van der Waals surface area contributed by atoms with Crippen molar-refractivity contribution in [3.63, 3.8) is 0 Å². The van der Waals surface area contributed by atoms with Crippen molar-refractivity contribution in [1.82, 2.24) is 10.4 Å². The van der Waals surface area contributed by atoms with Crippen molar-refractivity contribution < 1.29 is 9.72 Å². The van der Waals surface area contributed by atoms with E-state index >= 15 is 0 Å². The number of non-ortho nitro benzene ring substituents is 1. The average Bonchev–Trinajstić information content (AvgIpc) is 2.44. The number of anilines is 1. The summed E-state index contributed by atoms with van der Waals surface area (Å²) in [5.41, 5.74) is 3.32. The Kier molecular flexibility index (Phi) is 3.49. The number of hydrogen-bond donors (Lipinski definition) is 2. The molecular formula is C12H13N5O3. The van der Waals surface area contributed by atoms with Gasteiger partial charge in [0.05, 0.1) is 21.7 Å². The Morgan fingerprint density at radius 3 is 2.70 bits per heavy atom. The third-order valence-corrected chi connectivity index (χ3v) is 2.86. The first-order valence-electron chi connectivity index (χ1n) is 5.71. The number of benzene rings is 1. The molecule has 3 N–H and O–H groups in total. The first-order valence-corrected chi connectivity index (χ1v) is 5.71. The van der Waals surface area contributed by atoms with Crippen LogP contribution < -0.4 is 16.2 Å². The van der Waals surface area contributed by atoms with Crippen LogP contribution in [-0.2, 0) is 0 Å². The van der Waals surface area contributed by atoms with Crippen molar-refractivity contribution >= 4 is 28.2 Å². The molecule has 0 aliphatic heterocycles. The number of carbonyl (C=O) groups is 1. The summed E-state index contributed by atoms with van der Waals surface area (Å²) in [5.74, 6) is 4.64. The van der Waals surface area contributed by atoms with Gasteiger partial charge in [0.2, 0.25) is 0 Å². The van der Waals surface area contributed by atoms with Crippen LogP contribution in [0.1, 0.15) is 10.4 Å². The standard InChI is InChI=1S/C12H13N5O3/c1-16(2)11-8-5-7(17(19)20)3-4-10(8)14-6-9(11)12(18)15-13/h3-6H,13H2,1-2H3,(H,15,18). The zero-order chi connectivity index (χ0) is 14.9. The Hall–Kier alpha value is -2.74. The number of nitrogens with two attached hydrogens (primary N) is 1. The Labute approximate surface area is 114 Å². The van der Waals surface area contributed by atoms with Crippen molar-refractivity contribution in [3.05, 3.63) is 40.1 Å². The topological polar surface area (TPSA) is 114 Å². The number of carbonyl (C=O) groups excluding carboxylic acids is 1. The van der Waals surface area contributed by atoms with E-state index in [1.54, 1.807) is 25.1 Å². The fraction of sp³-hybridized carbons (Fsp3) is 0.167. The fourth-order valence-corrected chi connectivity index (χ4v) is 2.01.